The zero-order chi connectivity index (χ0) is 14.0. The first-order chi connectivity index (χ1) is 8.99. The fourth-order valence-electron chi connectivity index (χ4n) is 2.13. The fraction of sp³-hybridized carbons (Fsp3) is 0.250. The summed E-state index contributed by atoms with van der Waals surface area (Å²) in [6.45, 7) is 4.20. The van der Waals surface area contributed by atoms with Crippen LogP contribution in [0.5, 0.6) is 0 Å². The Morgan fingerprint density at radius 1 is 1.00 bits per heavy atom. The molecular formula is C16H17Br2N. The summed E-state index contributed by atoms with van der Waals surface area (Å²) >= 11 is 7.18. The number of aryl methyl sites for hydroxylation is 2. The van der Waals surface area contributed by atoms with Crippen LogP contribution in [-0.2, 0) is 6.42 Å². The van der Waals surface area contributed by atoms with E-state index >= 15 is 0 Å². The van der Waals surface area contributed by atoms with Crippen molar-refractivity contribution >= 4 is 31.9 Å². The van der Waals surface area contributed by atoms with E-state index in [0.717, 1.165) is 20.9 Å². The molecule has 0 aliphatic rings. The number of halogens is 2. The van der Waals surface area contributed by atoms with Crippen LogP contribution in [0, 0.1) is 13.8 Å². The van der Waals surface area contributed by atoms with Gasteiger partial charge in [0.25, 0.3) is 0 Å². The van der Waals surface area contributed by atoms with E-state index < -0.39 is 0 Å². The molecule has 0 amide bonds. The monoisotopic (exact) mass is 381 g/mol. The Balaban J connectivity index is 2.28. The van der Waals surface area contributed by atoms with Gasteiger partial charge in [-0.15, -0.1) is 0 Å². The van der Waals surface area contributed by atoms with Crippen molar-refractivity contribution in [1.29, 1.82) is 0 Å². The maximum absolute atomic E-state index is 6.36. The van der Waals surface area contributed by atoms with Gasteiger partial charge in [-0.1, -0.05) is 56.1 Å². The number of nitrogens with two attached hydrogens (primary N) is 1. The minimum atomic E-state index is -0.00706. The van der Waals surface area contributed by atoms with E-state index in [0.29, 0.717) is 0 Å². The summed E-state index contributed by atoms with van der Waals surface area (Å²) in [6.07, 6.45) is 0.848. The number of hydrogen-bond acceptors (Lipinski definition) is 1. The van der Waals surface area contributed by atoms with Crippen molar-refractivity contribution in [2.45, 2.75) is 26.3 Å². The summed E-state index contributed by atoms with van der Waals surface area (Å²) in [7, 11) is 0. The predicted octanol–water partition coefficient (Wildman–Crippen LogP) is 5.07. The average Bonchev–Trinajstić information content (AvgIpc) is 2.36. The molecule has 1 nitrogen and oxygen atoms in total. The Morgan fingerprint density at radius 3 is 2.37 bits per heavy atom. The van der Waals surface area contributed by atoms with Gasteiger partial charge in [-0.25, -0.2) is 0 Å². The molecule has 0 bridgehead atoms. The highest BCUT2D eigenvalue weighted by Gasteiger charge is 2.13. The first kappa shape index (κ1) is 14.8. The number of hydrogen-bond donors (Lipinski definition) is 1. The molecule has 1 atom stereocenters. The Bertz CT molecular complexity index is 593. The van der Waals surface area contributed by atoms with Crippen LogP contribution in [0.15, 0.2) is 45.3 Å². The van der Waals surface area contributed by atoms with Gasteiger partial charge >= 0.3 is 0 Å². The summed E-state index contributed by atoms with van der Waals surface area (Å²) in [5.74, 6) is 0. The van der Waals surface area contributed by atoms with E-state index in [1.165, 1.54) is 16.7 Å². The fourth-order valence-corrected chi connectivity index (χ4v) is 3.24. The molecule has 0 heterocycles. The molecule has 0 fully saturated rings. The van der Waals surface area contributed by atoms with Crippen LogP contribution < -0.4 is 5.73 Å². The van der Waals surface area contributed by atoms with Gasteiger partial charge in [-0.3, -0.25) is 0 Å². The van der Waals surface area contributed by atoms with Crippen LogP contribution in [0.4, 0.5) is 0 Å². The summed E-state index contributed by atoms with van der Waals surface area (Å²) in [6, 6.07) is 12.6. The highest BCUT2D eigenvalue weighted by Crippen LogP contribution is 2.30. The van der Waals surface area contributed by atoms with E-state index in [1.54, 1.807) is 0 Å². The van der Waals surface area contributed by atoms with Gasteiger partial charge in [0.05, 0.1) is 0 Å². The standard InChI is InChI=1S/C16H17Br2N/c1-10-5-3-4-6-12(10)8-16(19)13-9-14(17)11(2)7-15(13)18/h3-7,9,16H,8,19H2,1-2H3. The molecule has 0 saturated heterocycles. The highest BCUT2D eigenvalue weighted by atomic mass is 79.9. The summed E-state index contributed by atoms with van der Waals surface area (Å²) in [5, 5.41) is 0. The van der Waals surface area contributed by atoms with Gasteiger partial charge in [0.2, 0.25) is 0 Å². The van der Waals surface area contributed by atoms with Crippen molar-refractivity contribution in [3.63, 3.8) is 0 Å². The Labute approximate surface area is 131 Å². The summed E-state index contributed by atoms with van der Waals surface area (Å²) in [5.41, 5.74) is 11.3. The lowest BCUT2D eigenvalue weighted by atomic mass is 9.96. The molecule has 1 unspecified atom stereocenters. The first-order valence-corrected chi connectivity index (χ1v) is 7.83. The zero-order valence-electron chi connectivity index (χ0n) is 11.1. The van der Waals surface area contributed by atoms with Crippen LogP contribution in [0.1, 0.15) is 28.3 Å². The molecule has 2 aromatic carbocycles. The Morgan fingerprint density at radius 2 is 1.68 bits per heavy atom. The van der Waals surface area contributed by atoms with Gasteiger partial charge in [-0.05, 0) is 54.7 Å². The van der Waals surface area contributed by atoms with Crippen molar-refractivity contribution < 1.29 is 0 Å². The molecule has 0 aromatic heterocycles. The van der Waals surface area contributed by atoms with E-state index in [2.05, 4.69) is 82.1 Å². The van der Waals surface area contributed by atoms with Crippen LogP contribution in [0.25, 0.3) is 0 Å². The topological polar surface area (TPSA) is 26.0 Å². The van der Waals surface area contributed by atoms with Gasteiger partial charge in [-0.2, -0.15) is 0 Å². The van der Waals surface area contributed by atoms with Crippen molar-refractivity contribution in [2.24, 2.45) is 5.73 Å². The minimum absolute atomic E-state index is 0.00706. The van der Waals surface area contributed by atoms with Crippen molar-refractivity contribution in [3.05, 3.63) is 67.6 Å². The van der Waals surface area contributed by atoms with E-state index in [1.807, 2.05) is 0 Å². The number of benzene rings is 2. The van der Waals surface area contributed by atoms with E-state index in [9.17, 15) is 0 Å². The van der Waals surface area contributed by atoms with Crippen molar-refractivity contribution in [2.75, 3.05) is 0 Å². The highest BCUT2D eigenvalue weighted by molar-refractivity contribution is 9.11. The third kappa shape index (κ3) is 3.47. The largest absolute Gasteiger partial charge is 0.324 e. The Kier molecular flexibility index (Phi) is 4.82. The van der Waals surface area contributed by atoms with Gasteiger partial charge < -0.3 is 5.73 Å². The molecule has 3 heteroatoms. The lowest BCUT2D eigenvalue weighted by molar-refractivity contribution is 0.714. The lowest BCUT2D eigenvalue weighted by Gasteiger charge is -2.17. The van der Waals surface area contributed by atoms with Crippen molar-refractivity contribution in [3.8, 4) is 0 Å². The SMILES string of the molecule is Cc1cc(Br)c(C(N)Cc2ccccc2C)cc1Br. The maximum Gasteiger partial charge on any atom is 0.0347 e. The Hall–Kier alpha value is -0.640. The molecule has 100 valence electrons. The summed E-state index contributed by atoms with van der Waals surface area (Å²) in [4.78, 5) is 0. The normalized spacial score (nSPS) is 12.5. The van der Waals surface area contributed by atoms with Crippen LogP contribution in [-0.4, -0.2) is 0 Å². The van der Waals surface area contributed by atoms with E-state index in [4.69, 9.17) is 5.73 Å². The molecule has 0 aliphatic carbocycles. The second kappa shape index (κ2) is 6.21. The molecule has 0 spiro atoms. The molecule has 2 rings (SSSR count). The maximum atomic E-state index is 6.36. The molecule has 0 radical (unpaired) electrons. The molecule has 0 saturated carbocycles. The van der Waals surface area contributed by atoms with E-state index in [-0.39, 0.29) is 6.04 Å². The third-order valence-electron chi connectivity index (χ3n) is 3.38. The smallest absolute Gasteiger partial charge is 0.0347 e. The average molecular weight is 383 g/mol. The second-order valence-electron chi connectivity index (χ2n) is 4.86. The quantitative estimate of drug-likeness (QED) is 0.787. The summed E-state index contributed by atoms with van der Waals surface area (Å²) < 4.78 is 2.18. The molecule has 2 N–H and O–H groups in total. The third-order valence-corrected chi connectivity index (χ3v) is 4.92. The number of rotatable bonds is 3. The predicted molar refractivity (Wildman–Crippen MR) is 88.4 cm³/mol. The van der Waals surface area contributed by atoms with Crippen LogP contribution in [0.2, 0.25) is 0 Å². The second-order valence-corrected chi connectivity index (χ2v) is 6.57. The molecule has 0 aliphatic heterocycles. The van der Waals surface area contributed by atoms with Gasteiger partial charge in [0.15, 0.2) is 0 Å². The minimum Gasteiger partial charge on any atom is -0.324 e. The van der Waals surface area contributed by atoms with Crippen molar-refractivity contribution in [1.82, 2.24) is 0 Å². The molecule has 2 aromatic rings. The molecule has 19 heavy (non-hydrogen) atoms. The zero-order valence-corrected chi connectivity index (χ0v) is 14.3. The van der Waals surface area contributed by atoms with Crippen LogP contribution >= 0.6 is 31.9 Å². The first-order valence-electron chi connectivity index (χ1n) is 6.24. The van der Waals surface area contributed by atoms with Gasteiger partial charge in [0, 0.05) is 15.0 Å². The van der Waals surface area contributed by atoms with Gasteiger partial charge in [0.1, 0.15) is 0 Å². The lowest BCUT2D eigenvalue weighted by Crippen LogP contribution is -2.14. The van der Waals surface area contributed by atoms with Crippen LogP contribution in [0.3, 0.4) is 0 Å². The molecular weight excluding hydrogens is 366 g/mol.